The Kier molecular flexibility index (Phi) is 3.14. The van der Waals surface area contributed by atoms with E-state index in [0.29, 0.717) is 12.8 Å². The van der Waals surface area contributed by atoms with Crippen molar-refractivity contribution in [2.24, 2.45) is 13.0 Å². The van der Waals surface area contributed by atoms with Gasteiger partial charge in [0.25, 0.3) is 0 Å². The molecule has 1 fully saturated rings. The van der Waals surface area contributed by atoms with Gasteiger partial charge in [-0.15, -0.1) is 0 Å². The van der Waals surface area contributed by atoms with E-state index < -0.39 is 5.97 Å². The lowest BCUT2D eigenvalue weighted by Gasteiger charge is -2.12. The van der Waals surface area contributed by atoms with E-state index >= 15 is 0 Å². The molecule has 7 nitrogen and oxygen atoms in total. The molecule has 0 aliphatic heterocycles. The minimum absolute atomic E-state index is 0.159. The van der Waals surface area contributed by atoms with Crippen molar-refractivity contribution in [3.63, 3.8) is 0 Å². The average Bonchev–Trinajstić information content (AvgIpc) is 3.25. The van der Waals surface area contributed by atoms with Gasteiger partial charge >= 0.3 is 5.97 Å². The van der Waals surface area contributed by atoms with Gasteiger partial charge in [0.2, 0.25) is 0 Å². The van der Waals surface area contributed by atoms with Crippen LogP contribution >= 0.6 is 0 Å². The van der Waals surface area contributed by atoms with Crippen molar-refractivity contribution in [3.8, 4) is 11.3 Å². The fourth-order valence-corrected chi connectivity index (χ4v) is 3.40. The molecular weight excluding hydrogens is 294 g/mol. The third-order valence-electron chi connectivity index (χ3n) is 4.59. The van der Waals surface area contributed by atoms with Gasteiger partial charge in [0.15, 0.2) is 0 Å². The summed E-state index contributed by atoms with van der Waals surface area (Å²) in [6, 6.07) is 1.93. The summed E-state index contributed by atoms with van der Waals surface area (Å²) in [5.74, 6) is -0.820. The first-order valence-corrected chi connectivity index (χ1v) is 7.68. The lowest BCUT2D eigenvalue weighted by Crippen LogP contribution is -2.10. The van der Waals surface area contributed by atoms with E-state index in [1.165, 1.54) is 0 Å². The minimum atomic E-state index is -0.708. The van der Waals surface area contributed by atoms with Crippen molar-refractivity contribution in [1.82, 2.24) is 24.4 Å². The van der Waals surface area contributed by atoms with Crippen molar-refractivity contribution in [1.29, 1.82) is 0 Å². The van der Waals surface area contributed by atoms with Gasteiger partial charge in [-0.2, -0.15) is 10.2 Å². The van der Waals surface area contributed by atoms with E-state index in [-0.39, 0.29) is 11.8 Å². The molecule has 3 heterocycles. The summed E-state index contributed by atoms with van der Waals surface area (Å²) in [4.78, 5) is 16.1. The largest absolute Gasteiger partial charge is 0.481 e. The Morgan fingerprint density at radius 1 is 1.30 bits per heavy atom. The highest BCUT2D eigenvalue weighted by Crippen LogP contribution is 2.39. The Hall–Kier alpha value is -2.70. The molecule has 2 atom stereocenters. The van der Waals surface area contributed by atoms with Crippen molar-refractivity contribution in [3.05, 3.63) is 36.5 Å². The number of hydrogen-bond acceptors (Lipinski definition) is 4. The predicted molar refractivity (Wildman–Crippen MR) is 82.9 cm³/mol. The highest BCUT2D eigenvalue weighted by Gasteiger charge is 2.32. The lowest BCUT2D eigenvalue weighted by molar-refractivity contribution is -0.141. The zero-order valence-corrected chi connectivity index (χ0v) is 12.8. The smallest absolute Gasteiger partial charge is 0.306 e. The molecule has 0 unspecified atom stereocenters. The molecule has 118 valence electrons. The number of carboxylic acid groups (broad SMARTS) is 1. The number of nitrogens with zero attached hydrogens (tertiary/aromatic N) is 5. The van der Waals surface area contributed by atoms with Crippen LogP contribution in [0.2, 0.25) is 0 Å². The van der Waals surface area contributed by atoms with E-state index in [0.717, 1.165) is 28.9 Å². The SMILES string of the molecule is Cn1cc(-c2cn3nccc3c([C@H]3CC[C@@H](C(=O)O)C3)n2)cn1. The van der Waals surface area contributed by atoms with E-state index in [1.54, 1.807) is 17.1 Å². The molecule has 0 radical (unpaired) electrons. The van der Waals surface area contributed by atoms with Crippen molar-refractivity contribution in [2.75, 3.05) is 0 Å². The third-order valence-corrected chi connectivity index (χ3v) is 4.59. The summed E-state index contributed by atoms with van der Waals surface area (Å²) >= 11 is 0. The van der Waals surface area contributed by atoms with Crippen LogP contribution in [-0.4, -0.2) is 35.5 Å². The first-order chi connectivity index (χ1) is 11.1. The standard InChI is InChI=1S/C16H17N5O2/c1-20-8-12(7-18-20)13-9-21-14(4-5-17-21)15(19-13)10-2-3-11(6-10)16(22)23/h4-5,7-11H,2-3,6H2,1H3,(H,22,23)/t10-,11+/m0/s1. The monoisotopic (exact) mass is 311 g/mol. The highest BCUT2D eigenvalue weighted by molar-refractivity contribution is 5.71. The second-order valence-electron chi connectivity index (χ2n) is 6.12. The van der Waals surface area contributed by atoms with E-state index in [1.807, 2.05) is 30.0 Å². The molecule has 0 saturated heterocycles. The van der Waals surface area contributed by atoms with Gasteiger partial charge in [0.05, 0.1) is 41.4 Å². The van der Waals surface area contributed by atoms with Gasteiger partial charge < -0.3 is 5.11 Å². The Morgan fingerprint density at radius 3 is 2.87 bits per heavy atom. The molecule has 1 N–H and O–H groups in total. The van der Waals surface area contributed by atoms with Crippen LogP contribution in [0.5, 0.6) is 0 Å². The van der Waals surface area contributed by atoms with Gasteiger partial charge in [-0.3, -0.25) is 9.48 Å². The molecule has 0 spiro atoms. The van der Waals surface area contributed by atoms with Gasteiger partial charge in [0.1, 0.15) is 0 Å². The number of carbonyl (C=O) groups is 1. The molecule has 0 amide bonds. The molecule has 4 rings (SSSR count). The quantitative estimate of drug-likeness (QED) is 0.800. The maximum Gasteiger partial charge on any atom is 0.306 e. The van der Waals surface area contributed by atoms with Crippen LogP contribution in [0.4, 0.5) is 0 Å². The van der Waals surface area contributed by atoms with E-state index in [2.05, 4.69) is 10.2 Å². The number of fused-ring (bicyclic) bond motifs is 1. The zero-order valence-electron chi connectivity index (χ0n) is 12.8. The van der Waals surface area contributed by atoms with Gasteiger partial charge in [-0.25, -0.2) is 9.50 Å². The van der Waals surface area contributed by atoms with Gasteiger partial charge in [-0.1, -0.05) is 0 Å². The summed E-state index contributed by atoms with van der Waals surface area (Å²) in [6.07, 6.45) is 9.52. The number of carboxylic acids is 1. The number of aryl methyl sites for hydroxylation is 1. The molecule has 0 bridgehead atoms. The second kappa shape index (κ2) is 5.19. The van der Waals surface area contributed by atoms with Gasteiger partial charge in [0, 0.05) is 24.7 Å². The van der Waals surface area contributed by atoms with Crippen molar-refractivity contribution in [2.45, 2.75) is 25.2 Å². The topological polar surface area (TPSA) is 85.3 Å². The number of aromatic nitrogens is 5. The van der Waals surface area contributed by atoms with Crippen LogP contribution < -0.4 is 0 Å². The molecule has 3 aromatic heterocycles. The van der Waals surface area contributed by atoms with Crippen LogP contribution in [-0.2, 0) is 11.8 Å². The first-order valence-electron chi connectivity index (χ1n) is 7.68. The fraction of sp³-hybridized carbons (Fsp3) is 0.375. The fourth-order valence-electron chi connectivity index (χ4n) is 3.40. The minimum Gasteiger partial charge on any atom is -0.481 e. The molecule has 1 aliphatic rings. The second-order valence-corrected chi connectivity index (χ2v) is 6.12. The van der Waals surface area contributed by atoms with Crippen molar-refractivity contribution < 1.29 is 9.90 Å². The number of hydrogen-bond donors (Lipinski definition) is 1. The first kappa shape index (κ1) is 13.9. The molecule has 1 aliphatic carbocycles. The summed E-state index contributed by atoms with van der Waals surface area (Å²) in [5.41, 5.74) is 3.63. The van der Waals surface area contributed by atoms with Crippen LogP contribution in [0.1, 0.15) is 30.9 Å². The highest BCUT2D eigenvalue weighted by atomic mass is 16.4. The summed E-state index contributed by atoms with van der Waals surface area (Å²) in [5, 5.41) is 17.8. The molecule has 23 heavy (non-hydrogen) atoms. The Morgan fingerprint density at radius 2 is 2.17 bits per heavy atom. The Balaban J connectivity index is 1.79. The summed E-state index contributed by atoms with van der Waals surface area (Å²) in [6.45, 7) is 0. The van der Waals surface area contributed by atoms with Crippen LogP contribution in [0.25, 0.3) is 16.8 Å². The molecule has 7 heteroatoms. The lowest BCUT2D eigenvalue weighted by atomic mass is 10.00. The van der Waals surface area contributed by atoms with Crippen LogP contribution in [0, 0.1) is 5.92 Å². The van der Waals surface area contributed by atoms with Gasteiger partial charge in [-0.05, 0) is 25.3 Å². The molecule has 3 aromatic rings. The maximum atomic E-state index is 11.2. The zero-order chi connectivity index (χ0) is 16.0. The summed E-state index contributed by atoms with van der Waals surface area (Å²) in [7, 11) is 1.87. The van der Waals surface area contributed by atoms with Crippen molar-refractivity contribution >= 4 is 11.5 Å². The predicted octanol–water partition coefficient (Wildman–Crippen LogP) is 2.10. The number of aliphatic carboxylic acids is 1. The average molecular weight is 311 g/mol. The molecule has 0 aromatic carbocycles. The normalized spacial score (nSPS) is 21.1. The summed E-state index contributed by atoms with van der Waals surface area (Å²) < 4.78 is 3.55. The molecular formula is C16H17N5O2. The maximum absolute atomic E-state index is 11.2. The van der Waals surface area contributed by atoms with Crippen LogP contribution in [0.3, 0.4) is 0 Å². The number of rotatable bonds is 3. The molecule has 1 saturated carbocycles. The Bertz CT molecular complexity index is 882. The van der Waals surface area contributed by atoms with Crippen LogP contribution in [0.15, 0.2) is 30.9 Å². The third kappa shape index (κ3) is 2.38. The van der Waals surface area contributed by atoms with E-state index in [4.69, 9.17) is 4.98 Å². The van der Waals surface area contributed by atoms with E-state index in [9.17, 15) is 9.90 Å². The Labute approximate surface area is 132 Å².